The second-order valence-electron chi connectivity index (χ2n) is 5.12. The van der Waals surface area contributed by atoms with E-state index in [2.05, 4.69) is 9.97 Å². The van der Waals surface area contributed by atoms with Crippen LogP contribution < -0.4 is 10.3 Å². The largest absolute Gasteiger partial charge is 0.486 e. The summed E-state index contributed by atoms with van der Waals surface area (Å²) < 4.78 is 8.37. The molecule has 3 rings (SSSR count). The van der Waals surface area contributed by atoms with Gasteiger partial charge in [0, 0.05) is 24.0 Å². The van der Waals surface area contributed by atoms with Gasteiger partial charge in [-0.3, -0.25) is 4.79 Å². The highest BCUT2D eigenvalue weighted by molar-refractivity contribution is 7.09. The van der Waals surface area contributed by atoms with Crippen LogP contribution in [0.2, 0.25) is 0 Å². The topological polar surface area (TPSA) is 98.7 Å². The number of rotatable bonds is 7. The molecule has 9 heteroatoms. The monoisotopic (exact) mass is 348 g/mol. The molecular weight excluding hydrogens is 332 g/mol. The standard InChI is InChI=1S/C15H16N4O4S/c1-2-3-7-23-12-11(14(21)22)17-15-18(5-6-19(15)13(12)20)9-10-16-4-8-24-10/h4-6,8H,2-3,7,9H2,1H3,(H,21,22). The van der Waals surface area contributed by atoms with Gasteiger partial charge in [0.05, 0.1) is 13.2 Å². The van der Waals surface area contributed by atoms with E-state index in [0.717, 1.165) is 17.8 Å². The summed E-state index contributed by atoms with van der Waals surface area (Å²) in [4.78, 5) is 32.4. The average Bonchev–Trinajstić information content (AvgIpc) is 3.20. The highest BCUT2D eigenvalue weighted by atomic mass is 32.1. The average molecular weight is 348 g/mol. The Morgan fingerprint density at radius 3 is 2.92 bits per heavy atom. The summed E-state index contributed by atoms with van der Waals surface area (Å²) in [5.41, 5.74) is -0.887. The van der Waals surface area contributed by atoms with Crippen LogP contribution in [-0.4, -0.2) is 36.6 Å². The Morgan fingerprint density at radius 2 is 2.25 bits per heavy atom. The Labute approximate surface area is 141 Å². The Bertz CT molecular complexity index is 914. The molecule has 126 valence electrons. The SMILES string of the molecule is CCCCOc1c(C(=O)O)nc2n(Cc3nccs3)ccn2c1=O. The van der Waals surface area contributed by atoms with Gasteiger partial charge < -0.3 is 14.4 Å². The van der Waals surface area contributed by atoms with E-state index in [-0.39, 0.29) is 23.8 Å². The van der Waals surface area contributed by atoms with Crippen molar-refractivity contribution < 1.29 is 14.6 Å². The fourth-order valence-corrected chi connectivity index (χ4v) is 2.86. The minimum Gasteiger partial charge on any atom is -0.486 e. The number of carboxylic acid groups (broad SMARTS) is 1. The third-order valence-electron chi connectivity index (χ3n) is 3.44. The van der Waals surface area contributed by atoms with Gasteiger partial charge in [0.25, 0.3) is 0 Å². The Morgan fingerprint density at radius 1 is 1.42 bits per heavy atom. The Hall–Kier alpha value is -2.68. The van der Waals surface area contributed by atoms with E-state index in [1.165, 1.54) is 15.7 Å². The second-order valence-corrected chi connectivity index (χ2v) is 6.10. The molecule has 8 nitrogen and oxygen atoms in total. The molecule has 24 heavy (non-hydrogen) atoms. The first-order valence-corrected chi connectivity index (χ1v) is 8.35. The quantitative estimate of drug-likeness (QED) is 0.655. The van der Waals surface area contributed by atoms with Crippen LogP contribution in [0, 0.1) is 0 Å². The second kappa shape index (κ2) is 6.83. The van der Waals surface area contributed by atoms with Gasteiger partial charge in [-0.25, -0.2) is 19.2 Å². The predicted octanol–water partition coefficient (Wildman–Crippen LogP) is 1.88. The van der Waals surface area contributed by atoms with Gasteiger partial charge in [0.15, 0.2) is 5.69 Å². The highest BCUT2D eigenvalue weighted by Crippen LogP contribution is 2.15. The smallest absolute Gasteiger partial charge is 0.358 e. The number of hydrogen-bond acceptors (Lipinski definition) is 6. The number of imidazole rings is 1. The summed E-state index contributed by atoms with van der Waals surface area (Å²) in [6.45, 7) is 2.67. The number of thiazole rings is 1. The summed E-state index contributed by atoms with van der Waals surface area (Å²) >= 11 is 1.47. The molecule has 0 fully saturated rings. The van der Waals surface area contributed by atoms with Gasteiger partial charge in [-0.2, -0.15) is 0 Å². The number of carboxylic acids is 1. The molecular formula is C15H16N4O4S. The minimum atomic E-state index is -1.29. The van der Waals surface area contributed by atoms with Crippen LogP contribution in [0.15, 0.2) is 28.8 Å². The maximum absolute atomic E-state index is 12.6. The molecule has 0 radical (unpaired) electrons. The molecule has 0 aliphatic rings. The lowest BCUT2D eigenvalue weighted by molar-refractivity contribution is 0.0685. The molecule has 0 saturated carbocycles. The summed E-state index contributed by atoms with van der Waals surface area (Å²) in [6, 6.07) is 0. The first kappa shape index (κ1) is 16.2. The van der Waals surface area contributed by atoms with Crippen molar-refractivity contribution >= 4 is 23.1 Å². The third kappa shape index (κ3) is 3.02. The van der Waals surface area contributed by atoms with Gasteiger partial charge in [0.1, 0.15) is 5.01 Å². The molecule has 0 aliphatic carbocycles. The Kier molecular flexibility index (Phi) is 4.61. The highest BCUT2D eigenvalue weighted by Gasteiger charge is 2.21. The van der Waals surface area contributed by atoms with Crippen molar-refractivity contribution in [1.29, 1.82) is 0 Å². The number of unbranched alkanes of at least 4 members (excludes halogenated alkanes) is 1. The third-order valence-corrected chi connectivity index (χ3v) is 4.21. The van der Waals surface area contributed by atoms with E-state index >= 15 is 0 Å². The zero-order chi connectivity index (χ0) is 17.1. The first-order valence-electron chi connectivity index (χ1n) is 7.47. The first-order chi connectivity index (χ1) is 11.6. The predicted molar refractivity (Wildman–Crippen MR) is 88.0 cm³/mol. The minimum absolute atomic E-state index is 0.222. The fraction of sp³-hybridized carbons (Fsp3) is 0.333. The van der Waals surface area contributed by atoms with Crippen LogP contribution in [0.1, 0.15) is 35.3 Å². The zero-order valence-corrected chi connectivity index (χ0v) is 13.8. The van der Waals surface area contributed by atoms with Crippen molar-refractivity contribution in [2.24, 2.45) is 0 Å². The number of aromatic nitrogens is 4. The van der Waals surface area contributed by atoms with Crippen LogP contribution in [0.3, 0.4) is 0 Å². The van der Waals surface area contributed by atoms with Crippen molar-refractivity contribution in [2.75, 3.05) is 6.61 Å². The summed E-state index contributed by atoms with van der Waals surface area (Å²) in [6.07, 6.45) is 6.52. The van der Waals surface area contributed by atoms with Gasteiger partial charge in [-0.05, 0) is 6.42 Å². The molecule has 0 spiro atoms. The van der Waals surface area contributed by atoms with Crippen LogP contribution in [-0.2, 0) is 6.54 Å². The molecule has 3 aromatic heterocycles. The number of aromatic carboxylic acids is 1. The number of nitrogens with zero attached hydrogens (tertiary/aromatic N) is 4. The summed E-state index contributed by atoms with van der Waals surface area (Å²) in [7, 11) is 0. The maximum atomic E-state index is 12.6. The van der Waals surface area contributed by atoms with Gasteiger partial charge >= 0.3 is 11.5 Å². The summed E-state index contributed by atoms with van der Waals surface area (Å²) in [5.74, 6) is -1.26. The molecule has 0 unspecified atom stereocenters. The lowest BCUT2D eigenvalue weighted by Crippen LogP contribution is -2.23. The number of ether oxygens (including phenoxy) is 1. The zero-order valence-electron chi connectivity index (χ0n) is 13.0. The molecule has 0 atom stereocenters. The van der Waals surface area contributed by atoms with Gasteiger partial charge in [-0.1, -0.05) is 13.3 Å². The maximum Gasteiger partial charge on any atom is 0.358 e. The fourth-order valence-electron chi connectivity index (χ4n) is 2.25. The van der Waals surface area contributed by atoms with E-state index in [0.29, 0.717) is 6.54 Å². The molecule has 0 aliphatic heterocycles. The van der Waals surface area contributed by atoms with E-state index in [9.17, 15) is 14.7 Å². The number of fused-ring (bicyclic) bond motifs is 1. The number of carbonyl (C=O) groups is 1. The van der Waals surface area contributed by atoms with Gasteiger partial charge in [-0.15, -0.1) is 11.3 Å². The molecule has 1 N–H and O–H groups in total. The molecule has 0 saturated heterocycles. The van der Waals surface area contributed by atoms with Crippen molar-refractivity contribution in [3.8, 4) is 5.75 Å². The Balaban J connectivity index is 2.07. The lowest BCUT2D eigenvalue weighted by atomic mass is 10.3. The molecule has 3 aromatic rings. The van der Waals surface area contributed by atoms with Crippen LogP contribution in [0.5, 0.6) is 5.75 Å². The summed E-state index contributed by atoms with van der Waals surface area (Å²) in [5, 5.41) is 12.1. The van der Waals surface area contributed by atoms with Crippen LogP contribution >= 0.6 is 11.3 Å². The van der Waals surface area contributed by atoms with Gasteiger partial charge in [0.2, 0.25) is 11.5 Å². The van der Waals surface area contributed by atoms with Crippen LogP contribution in [0.25, 0.3) is 5.78 Å². The van der Waals surface area contributed by atoms with Crippen molar-refractivity contribution in [2.45, 2.75) is 26.3 Å². The number of hydrogen-bond donors (Lipinski definition) is 1. The molecule has 0 bridgehead atoms. The van der Waals surface area contributed by atoms with Crippen LogP contribution in [0.4, 0.5) is 0 Å². The van der Waals surface area contributed by atoms with E-state index in [4.69, 9.17) is 4.74 Å². The van der Waals surface area contributed by atoms with Crippen molar-refractivity contribution in [1.82, 2.24) is 18.9 Å². The molecule has 3 heterocycles. The normalized spacial score (nSPS) is 11.0. The molecule has 0 amide bonds. The van der Waals surface area contributed by atoms with E-state index in [1.807, 2.05) is 12.3 Å². The van der Waals surface area contributed by atoms with Crippen molar-refractivity contribution in [3.63, 3.8) is 0 Å². The molecule has 0 aromatic carbocycles. The van der Waals surface area contributed by atoms with Crippen molar-refractivity contribution in [3.05, 3.63) is 45.0 Å². The van der Waals surface area contributed by atoms with E-state index in [1.54, 1.807) is 23.2 Å². The van der Waals surface area contributed by atoms with E-state index < -0.39 is 11.5 Å². The lowest BCUT2D eigenvalue weighted by Gasteiger charge is -2.09.